The summed E-state index contributed by atoms with van der Waals surface area (Å²) >= 11 is 0. The Morgan fingerprint density at radius 3 is 2.67 bits per heavy atom. The molecule has 0 amide bonds. The van der Waals surface area contributed by atoms with E-state index in [2.05, 4.69) is 0 Å². The molecule has 0 radical (unpaired) electrons. The fourth-order valence-corrected chi connectivity index (χ4v) is 0.979. The molecule has 0 aromatic heterocycles. The minimum absolute atomic E-state index is 0.199. The van der Waals surface area contributed by atoms with Crippen LogP contribution in [0.5, 0.6) is 0 Å². The summed E-state index contributed by atoms with van der Waals surface area (Å²) < 4.78 is 12.2. The zero-order valence-corrected chi connectivity index (χ0v) is 6.67. The second-order valence-corrected chi connectivity index (χ2v) is 2.58. The molecule has 1 aromatic carbocycles. The summed E-state index contributed by atoms with van der Waals surface area (Å²) in [5.74, 6) is -0.983. The van der Waals surface area contributed by atoms with Crippen molar-refractivity contribution in [1.29, 1.82) is 0 Å². The third-order valence-electron chi connectivity index (χ3n) is 1.73. The second-order valence-electron chi connectivity index (χ2n) is 2.58. The Hall–Kier alpha value is -1.38. The molecule has 0 spiro atoms. The number of rotatable bonds is 2. The van der Waals surface area contributed by atoms with Crippen LogP contribution in [0.4, 0.5) is 4.39 Å². The van der Waals surface area contributed by atoms with Crippen LogP contribution in [0.3, 0.4) is 0 Å². The van der Waals surface area contributed by atoms with Gasteiger partial charge in [-0.05, 0) is 30.2 Å². The van der Waals surface area contributed by atoms with Gasteiger partial charge in [0.15, 0.2) is 0 Å². The van der Waals surface area contributed by atoms with Crippen molar-refractivity contribution in [1.82, 2.24) is 0 Å². The molecule has 0 aliphatic carbocycles. The summed E-state index contributed by atoms with van der Waals surface area (Å²) in [6.45, 7) is 1.15. The van der Waals surface area contributed by atoms with Gasteiger partial charge < -0.3 is 5.11 Å². The van der Waals surface area contributed by atoms with Gasteiger partial charge in [0, 0.05) is 0 Å². The minimum Gasteiger partial charge on any atom is -0.478 e. The van der Waals surface area contributed by atoms with Crippen LogP contribution in [0.25, 0.3) is 0 Å². The Kier molecular flexibility index (Phi) is 2.43. The fraction of sp³-hybridized carbons (Fsp3) is 0.222. The SMILES string of the molecule is Cc1cc(C(=O)O)ccc1CF. The number of carboxylic acids is 1. The van der Waals surface area contributed by atoms with Gasteiger partial charge in [-0.15, -0.1) is 0 Å². The van der Waals surface area contributed by atoms with Gasteiger partial charge in [-0.2, -0.15) is 0 Å². The zero-order chi connectivity index (χ0) is 9.14. The average Bonchev–Trinajstić information content (AvgIpc) is 2.04. The number of aryl methyl sites for hydroxylation is 1. The minimum atomic E-state index is -0.983. The number of hydrogen-bond acceptors (Lipinski definition) is 1. The molecule has 1 N–H and O–H groups in total. The van der Waals surface area contributed by atoms with E-state index in [0.717, 1.165) is 0 Å². The van der Waals surface area contributed by atoms with Crippen molar-refractivity contribution >= 4 is 5.97 Å². The third-order valence-corrected chi connectivity index (χ3v) is 1.73. The Labute approximate surface area is 69.6 Å². The first-order valence-corrected chi connectivity index (χ1v) is 3.54. The number of alkyl halides is 1. The van der Waals surface area contributed by atoms with Crippen molar-refractivity contribution in [3.8, 4) is 0 Å². The predicted octanol–water partition coefficient (Wildman–Crippen LogP) is 2.16. The van der Waals surface area contributed by atoms with Crippen LogP contribution in [-0.2, 0) is 6.67 Å². The lowest BCUT2D eigenvalue weighted by atomic mass is 10.1. The molecule has 0 saturated carbocycles. The molecule has 1 aromatic rings. The summed E-state index contributed by atoms with van der Waals surface area (Å²) in [6, 6.07) is 4.38. The molecule has 0 atom stereocenters. The average molecular weight is 168 g/mol. The largest absolute Gasteiger partial charge is 0.478 e. The molecule has 2 nitrogen and oxygen atoms in total. The van der Waals surface area contributed by atoms with Crippen LogP contribution in [0.1, 0.15) is 21.5 Å². The number of benzene rings is 1. The highest BCUT2D eigenvalue weighted by atomic mass is 19.1. The smallest absolute Gasteiger partial charge is 0.335 e. The first-order valence-electron chi connectivity index (χ1n) is 3.54. The fourth-order valence-electron chi connectivity index (χ4n) is 0.979. The van der Waals surface area contributed by atoms with Crippen LogP contribution in [-0.4, -0.2) is 11.1 Å². The Balaban J connectivity index is 3.10. The summed E-state index contributed by atoms with van der Waals surface area (Å²) in [6.07, 6.45) is 0. The van der Waals surface area contributed by atoms with E-state index in [0.29, 0.717) is 11.1 Å². The van der Waals surface area contributed by atoms with Crippen LogP contribution in [0.2, 0.25) is 0 Å². The van der Waals surface area contributed by atoms with Gasteiger partial charge in [0.1, 0.15) is 6.67 Å². The monoisotopic (exact) mass is 168 g/mol. The Bertz CT molecular complexity index is 307. The van der Waals surface area contributed by atoms with Gasteiger partial charge in [-0.1, -0.05) is 6.07 Å². The highest BCUT2D eigenvalue weighted by Crippen LogP contribution is 2.11. The van der Waals surface area contributed by atoms with Gasteiger partial charge in [-0.3, -0.25) is 0 Å². The maximum Gasteiger partial charge on any atom is 0.335 e. The summed E-state index contributed by atoms with van der Waals surface area (Å²) in [7, 11) is 0. The Morgan fingerprint density at radius 2 is 2.25 bits per heavy atom. The summed E-state index contributed by atoms with van der Waals surface area (Å²) in [5.41, 5.74) is 1.42. The van der Waals surface area contributed by atoms with Crippen LogP contribution in [0.15, 0.2) is 18.2 Å². The van der Waals surface area contributed by atoms with Crippen molar-refractivity contribution in [3.05, 3.63) is 34.9 Å². The maximum absolute atomic E-state index is 12.2. The first kappa shape index (κ1) is 8.71. The van der Waals surface area contributed by atoms with Crippen molar-refractivity contribution in [2.45, 2.75) is 13.6 Å². The van der Waals surface area contributed by atoms with Gasteiger partial charge in [0.2, 0.25) is 0 Å². The molecule has 0 heterocycles. The molecule has 0 aliphatic heterocycles. The van der Waals surface area contributed by atoms with Crippen molar-refractivity contribution in [2.24, 2.45) is 0 Å². The normalized spacial score (nSPS) is 9.83. The van der Waals surface area contributed by atoms with Crippen LogP contribution >= 0.6 is 0 Å². The zero-order valence-electron chi connectivity index (χ0n) is 6.67. The first-order chi connectivity index (χ1) is 5.65. The number of halogens is 1. The molecule has 3 heteroatoms. The van der Waals surface area contributed by atoms with Gasteiger partial charge in [0.25, 0.3) is 0 Å². The predicted molar refractivity (Wildman–Crippen MR) is 43.0 cm³/mol. The molecule has 0 aliphatic rings. The number of carboxylic acid groups (broad SMARTS) is 1. The van der Waals surface area contributed by atoms with Crippen LogP contribution in [0, 0.1) is 6.92 Å². The Morgan fingerprint density at radius 1 is 1.58 bits per heavy atom. The molecular formula is C9H9FO2. The highest BCUT2D eigenvalue weighted by Gasteiger charge is 2.04. The van der Waals surface area contributed by atoms with E-state index in [9.17, 15) is 9.18 Å². The molecular weight excluding hydrogens is 159 g/mol. The van der Waals surface area contributed by atoms with Gasteiger partial charge in [0.05, 0.1) is 5.56 Å². The molecule has 0 unspecified atom stereocenters. The highest BCUT2D eigenvalue weighted by molar-refractivity contribution is 5.87. The maximum atomic E-state index is 12.2. The summed E-state index contributed by atoms with van der Waals surface area (Å²) in [5, 5.41) is 8.58. The number of hydrogen-bond donors (Lipinski definition) is 1. The lowest BCUT2D eigenvalue weighted by Crippen LogP contribution is -1.97. The molecule has 1 rings (SSSR count). The van der Waals surface area contributed by atoms with Gasteiger partial charge >= 0.3 is 5.97 Å². The molecule has 0 saturated heterocycles. The second kappa shape index (κ2) is 3.34. The van der Waals surface area contributed by atoms with Crippen molar-refractivity contribution in [2.75, 3.05) is 0 Å². The van der Waals surface area contributed by atoms with E-state index < -0.39 is 12.6 Å². The quantitative estimate of drug-likeness (QED) is 0.734. The van der Waals surface area contributed by atoms with E-state index in [1.807, 2.05) is 0 Å². The van der Waals surface area contributed by atoms with Crippen LogP contribution < -0.4 is 0 Å². The molecule has 12 heavy (non-hydrogen) atoms. The van der Waals surface area contributed by atoms with Gasteiger partial charge in [-0.25, -0.2) is 9.18 Å². The third kappa shape index (κ3) is 1.61. The van der Waals surface area contributed by atoms with E-state index in [4.69, 9.17) is 5.11 Å². The lowest BCUT2D eigenvalue weighted by molar-refractivity contribution is 0.0696. The topological polar surface area (TPSA) is 37.3 Å². The van der Waals surface area contributed by atoms with E-state index in [1.165, 1.54) is 18.2 Å². The van der Waals surface area contributed by atoms with E-state index >= 15 is 0 Å². The van der Waals surface area contributed by atoms with E-state index in [1.54, 1.807) is 6.92 Å². The van der Waals surface area contributed by atoms with Crippen molar-refractivity contribution < 1.29 is 14.3 Å². The lowest BCUT2D eigenvalue weighted by Gasteiger charge is -2.01. The van der Waals surface area contributed by atoms with Crippen molar-refractivity contribution in [3.63, 3.8) is 0 Å². The number of carbonyl (C=O) groups is 1. The standard InChI is InChI=1S/C9H9FO2/c1-6-4-7(9(11)12)2-3-8(6)5-10/h2-4H,5H2,1H3,(H,11,12). The van der Waals surface area contributed by atoms with E-state index in [-0.39, 0.29) is 5.56 Å². The summed E-state index contributed by atoms with van der Waals surface area (Å²) in [4.78, 5) is 10.5. The molecule has 0 fully saturated rings. The number of aromatic carboxylic acids is 1. The molecule has 0 bridgehead atoms. The molecule has 64 valence electrons.